The predicted molar refractivity (Wildman–Crippen MR) is 101 cm³/mol. The van der Waals surface area contributed by atoms with Crippen LogP contribution in [0.15, 0.2) is 67.0 Å². The lowest BCUT2D eigenvalue weighted by atomic mass is 10.1. The average molecular weight is 386 g/mol. The second kappa shape index (κ2) is 7.45. The van der Waals surface area contributed by atoms with Crippen molar-refractivity contribution in [2.45, 2.75) is 25.9 Å². The summed E-state index contributed by atoms with van der Waals surface area (Å²) in [5, 5.41) is 0. The molecule has 3 nitrogen and oxygen atoms in total. The van der Waals surface area contributed by atoms with E-state index in [-0.39, 0.29) is 11.9 Å². The molecule has 1 atom stereocenters. The normalized spacial score (nSPS) is 17.9. The van der Waals surface area contributed by atoms with Gasteiger partial charge in [-0.05, 0) is 30.7 Å². The fourth-order valence-corrected chi connectivity index (χ4v) is 3.55. The minimum Gasteiger partial charge on any atom is -0.357 e. The summed E-state index contributed by atoms with van der Waals surface area (Å²) in [6, 6.07) is 15.8. The van der Waals surface area contributed by atoms with Crippen LogP contribution in [0.5, 0.6) is 0 Å². The number of aryl methyl sites for hydroxylation is 1. The minimum atomic E-state index is -4.40. The third kappa shape index (κ3) is 3.84. The van der Waals surface area contributed by atoms with Gasteiger partial charge in [-0.25, -0.2) is 0 Å². The molecule has 0 radical (unpaired) electrons. The van der Waals surface area contributed by atoms with Crippen molar-refractivity contribution < 1.29 is 17.9 Å². The van der Waals surface area contributed by atoms with Gasteiger partial charge in [0, 0.05) is 31.0 Å². The molecule has 1 fully saturated rings. The van der Waals surface area contributed by atoms with Crippen LogP contribution in [0.2, 0.25) is 0 Å². The lowest BCUT2D eigenvalue weighted by molar-refractivity contribution is -0.137. The van der Waals surface area contributed by atoms with E-state index in [1.165, 1.54) is 27.8 Å². The molecule has 1 saturated heterocycles. The number of rotatable bonds is 4. The zero-order chi connectivity index (χ0) is 19.7. The van der Waals surface area contributed by atoms with Gasteiger partial charge >= 0.3 is 6.18 Å². The smallest absolute Gasteiger partial charge is 0.357 e. The van der Waals surface area contributed by atoms with Crippen molar-refractivity contribution in [1.82, 2.24) is 9.47 Å². The molecule has 28 heavy (non-hydrogen) atoms. The van der Waals surface area contributed by atoms with Gasteiger partial charge < -0.3 is 9.30 Å². The van der Waals surface area contributed by atoms with Crippen molar-refractivity contribution in [1.29, 1.82) is 0 Å². The first-order valence-corrected chi connectivity index (χ1v) is 9.17. The van der Waals surface area contributed by atoms with Crippen molar-refractivity contribution >= 4 is 0 Å². The highest BCUT2D eigenvalue weighted by Crippen LogP contribution is 2.35. The van der Waals surface area contributed by atoms with E-state index in [1.807, 2.05) is 13.0 Å². The number of benzene rings is 2. The molecule has 4 rings (SSSR count). The maximum Gasteiger partial charge on any atom is 0.418 e. The first-order valence-electron chi connectivity index (χ1n) is 9.17. The van der Waals surface area contributed by atoms with E-state index in [0.29, 0.717) is 6.61 Å². The summed E-state index contributed by atoms with van der Waals surface area (Å²) in [5.74, 6) is 0. The molecule has 6 heteroatoms. The summed E-state index contributed by atoms with van der Waals surface area (Å²) in [5.41, 5.74) is 2.70. The number of hydrogen-bond donors (Lipinski definition) is 0. The van der Waals surface area contributed by atoms with Crippen molar-refractivity contribution in [3.63, 3.8) is 0 Å². The van der Waals surface area contributed by atoms with E-state index in [1.54, 1.807) is 18.5 Å². The third-order valence-electron chi connectivity index (χ3n) is 4.98. The molecule has 1 aliphatic heterocycles. The Balaban J connectivity index is 1.58. The number of hydrogen-bond acceptors (Lipinski definition) is 2. The molecule has 146 valence electrons. The van der Waals surface area contributed by atoms with E-state index >= 15 is 0 Å². The molecule has 3 aromatic rings. The van der Waals surface area contributed by atoms with E-state index < -0.39 is 11.7 Å². The Bertz CT molecular complexity index is 947. The molecule has 0 spiro atoms. The van der Waals surface area contributed by atoms with Crippen LogP contribution in [-0.2, 0) is 17.5 Å². The fraction of sp³-hybridized carbons (Fsp3) is 0.273. The minimum absolute atomic E-state index is 0.115. The summed E-state index contributed by atoms with van der Waals surface area (Å²) in [6.07, 6.45) is -1.28. The molecule has 2 aromatic carbocycles. The average Bonchev–Trinajstić information content (AvgIpc) is 3.32. The molecule has 0 unspecified atom stereocenters. The summed E-state index contributed by atoms with van der Waals surface area (Å²) < 4.78 is 47.4. The van der Waals surface area contributed by atoms with Crippen LogP contribution in [0.3, 0.4) is 0 Å². The van der Waals surface area contributed by atoms with Crippen molar-refractivity contribution in [2.24, 2.45) is 0 Å². The van der Waals surface area contributed by atoms with Crippen LogP contribution in [0, 0.1) is 6.92 Å². The zero-order valence-electron chi connectivity index (χ0n) is 15.5. The summed E-state index contributed by atoms with van der Waals surface area (Å²) in [4.78, 5) is 2.19. The maximum absolute atomic E-state index is 13.3. The quantitative estimate of drug-likeness (QED) is 0.603. The highest BCUT2D eigenvalue weighted by molar-refractivity contribution is 5.44. The van der Waals surface area contributed by atoms with Crippen LogP contribution in [0.4, 0.5) is 13.2 Å². The number of aromatic nitrogens is 1. The van der Waals surface area contributed by atoms with Gasteiger partial charge in [0.05, 0.1) is 17.9 Å². The number of ether oxygens (including phenoxy) is 1. The Hall–Kier alpha value is -2.57. The SMILES string of the molecule is Cc1ccc(CN2CCO[C@H]2c2ccn(-c3ccccc3C(F)(F)F)c2)cc1. The maximum atomic E-state index is 13.3. The number of para-hydroxylation sites is 1. The molecule has 1 aliphatic rings. The molecule has 1 aromatic heterocycles. The first-order chi connectivity index (χ1) is 13.4. The first kappa shape index (κ1) is 18.8. The van der Waals surface area contributed by atoms with Gasteiger partial charge in [0.1, 0.15) is 6.23 Å². The van der Waals surface area contributed by atoms with Crippen LogP contribution in [-0.4, -0.2) is 22.6 Å². The molecule has 0 saturated carbocycles. The Morgan fingerprint density at radius 1 is 1.04 bits per heavy atom. The van der Waals surface area contributed by atoms with Crippen LogP contribution in [0.25, 0.3) is 5.69 Å². The second-order valence-corrected chi connectivity index (χ2v) is 7.05. The standard InChI is InChI=1S/C22H21F3N2O/c1-16-6-8-17(9-7-16)14-27-12-13-28-21(27)18-10-11-26(15-18)20-5-3-2-4-19(20)22(23,24)25/h2-11,15,21H,12-14H2,1H3/t21-/m0/s1. The summed E-state index contributed by atoms with van der Waals surface area (Å²) in [6.45, 7) is 4.16. The van der Waals surface area contributed by atoms with Gasteiger partial charge in [0.15, 0.2) is 0 Å². The lowest BCUT2D eigenvalue weighted by Gasteiger charge is -2.22. The highest BCUT2D eigenvalue weighted by atomic mass is 19.4. The monoisotopic (exact) mass is 386 g/mol. The van der Waals surface area contributed by atoms with Gasteiger partial charge in [0.2, 0.25) is 0 Å². The second-order valence-electron chi connectivity index (χ2n) is 7.05. The highest BCUT2D eigenvalue weighted by Gasteiger charge is 2.34. The van der Waals surface area contributed by atoms with Gasteiger partial charge in [-0.2, -0.15) is 13.2 Å². The third-order valence-corrected chi connectivity index (χ3v) is 4.98. The lowest BCUT2D eigenvalue weighted by Crippen LogP contribution is -2.23. The Morgan fingerprint density at radius 3 is 2.54 bits per heavy atom. The van der Waals surface area contributed by atoms with E-state index in [4.69, 9.17) is 4.74 Å². The van der Waals surface area contributed by atoms with Crippen LogP contribution >= 0.6 is 0 Å². The number of alkyl halides is 3. The Kier molecular flexibility index (Phi) is 5.00. The molecule has 0 N–H and O–H groups in total. The van der Waals surface area contributed by atoms with Crippen LogP contribution < -0.4 is 0 Å². The fourth-order valence-electron chi connectivity index (χ4n) is 3.55. The van der Waals surface area contributed by atoms with E-state index in [2.05, 4.69) is 29.2 Å². The van der Waals surface area contributed by atoms with Crippen molar-refractivity contribution in [3.8, 4) is 5.69 Å². The zero-order valence-corrected chi connectivity index (χ0v) is 15.5. The number of nitrogens with zero attached hydrogens (tertiary/aromatic N) is 2. The molecule has 2 heterocycles. The molecule has 0 amide bonds. The van der Waals surface area contributed by atoms with Gasteiger partial charge in [-0.3, -0.25) is 4.90 Å². The van der Waals surface area contributed by atoms with E-state index in [0.717, 1.165) is 24.7 Å². The number of halogens is 3. The van der Waals surface area contributed by atoms with Gasteiger partial charge in [0.25, 0.3) is 0 Å². The summed E-state index contributed by atoms with van der Waals surface area (Å²) >= 11 is 0. The van der Waals surface area contributed by atoms with Crippen LogP contribution in [0.1, 0.15) is 28.5 Å². The molecular formula is C22H21F3N2O. The largest absolute Gasteiger partial charge is 0.418 e. The van der Waals surface area contributed by atoms with Crippen molar-refractivity contribution in [3.05, 3.63) is 89.2 Å². The van der Waals surface area contributed by atoms with Gasteiger partial charge in [-0.15, -0.1) is 0 Å². The van der Waals surface area contributed by atoms with Crippen molar-refractivity contribution in [2.75, 3.05) is 13.2 Å². The van der Waals surface area contributed by atoms with E-state index in [9.17, 15) is 13.2 Å². The summed E-state index contributed by atoms with van der Waals surface area (Å²) in [7, 11) is 0. The molecule has 0 aliphatic carbocycles. The molecule has 0 bridgehead atoms. The Labute approximate surface area is 162 Å². The topological polar surface area (TPSA) is 17.4 Å². The predicted octanol–water partition coefficient (Wildman–Crippen LogP) is 5.34. The molecular weight excluding hydrogens is 365 g/mol. The van der Waals surface area contributed by atoms with Gasteiger partial charge in [-0.1, -0.05) is 42.0 Å². The Morgan fingerprint density at radius 2 is 1.79 bits per heavy atom.